The molecule has 1 fully saturated rings. The molecule has 0 aromatic heterocycles. The maximum absolute atomic E-state index is 12.5. The lowest BCUT2D eigenvalue weighted by molar-refractivity contribution is -0.132. The first kappa shape index (κ1) is 19.0. The van der Waals surface area contributed by atoms with Crippen molar-refractivity contribution in [1.29, 1.82) is 0 Å². The number of aryl methyl sites for hydroxylation is 1. The first-order chi connectivity index (χ1) is 10.1. The Morgan fingerprint density at radius 1 is 1.32 bits per heavy atom. The van der Waals surface area contributed by atoms with E-state index >= 15 is 0 Å². The third-order valence-corrected chi connectivity index (χ3v) is 4.66. The summed E-state index contributed by atoms with van der Waals surface area (Å²) in [5, 5.41) is 3.24. The number of benzene rings is 1. The average molecular weight is 325 g/mol. The molecule has 0 spiro atoms. The largest absolute Gasteiger partial charge is 0.343 e. The van der Waals surface area contributed by atoms with Gasteiger partial charge in [-0.05, 0) is 56.3 Å². The Labute approximate surface area is 140 Å². The van der Waals surface area contributed by atoms with Crippen molar-refractivity contribution in [3.05, 3.63) is 35.4 Å². The minimum Gasteiger partial charge on any atom is -0.343 e. The summed E-state index contributed by atoms with van der Waals surface area (Å²) >= 11 is 0. The van der Waals surface area contributed by atoms with Gasteiger partial charge in [0.15, 0.2) is 0 Å². The molecule has 1 aliphatic rings. The van der Waals surface area contributed by atoms with Gasteiger partial charge >= 0.3 is 0 Å². The number of rotatable bonds is 5. The van der Waals surface area contributed by atoms with Crippen LogP contribution in [0.5, 0.6) is 0 Å². The second-order valence-electron chi connectivity index (χ2n) is 6.34. The SMILES string of the molecule is CNCC1CCN(C(=O)CC(C)c2ccccc2C)CC1.Cl. The highest BCUT2D eigenvalue weighted by Crippen LogP contribution is 2.24. The van der Waals surface area contributed by atoms with Gasteiger partial charge in [0, 0.05) is 19.5 Å². The smallest absolute Gasteiger partial charge is 0.223 e. The van der Waals surface area contributed by atoms with Gasteiger partial charge in [0.2, 0.25) is 5.91 Å². The number of piperidine rings is 1. The topological polar surface area (TPSA) is 32.3 Å². The van der Waals surface area contributed by atoms with Gasteiger partial charge in [-0.1, -0.05) is 31.2 Å². The van der Waals surface area contributed by atoms with E-state index in [0.29, 0.717) is 18.2 Å². The first-order valence-corrected chi connectivity index (χ1v) is 8.09. The quantitative estimate of drug-likeness (QED) is 0.900. The van der Waals surface area contributed by atoms with Gasteiger partial charge in [0.05, 0.1) is 0 Å². The predicted octanol–water partition coefficient (Wildman–Crippen LogP) is 3.37. The Balaban J connectivity index is 0.00000242. The molecular weight excluding hydrogens is 296 g/mol. The monoisotopic (exact) mass is 324 g/mol. The van der Waals surface area contributed by atoms with Crippen molar-refractivity contribution in [2.75, 3.05) is 26.7 Å². The first-order valence-electron chi connectivity index (χ1n) is 8.09. The summed E-state index contributed by atoms with van der Waals surface area (Å²) in [6.45, 7) is 7.20. The van der Waals surface area contributed by atoms with Crippen molar-refractivity contribution in [2.24, 2.45) is 5.92 Å². The van der Waals surface area contributed by atoms with E-state index in [0.717, 1.165) is 38.4 Å². The highest BCUT2D eigenvalue weighted by molar-refractivity contribution is 5.85. The Morgan fingerprint density at radius 2 is 1.95 bits per heavy atom. The molecule has 1 heterocycles. The summed E-state index contributed by atoms with van der Waals surface area (Å²) in [7, 11) is 2.00. The molecule has 1 aromatic rings. The lowest BCUT2D eigenvalue weighted by atomic mass is 9.92. The highest BCUT2D eigenvalue weighted by Gasteiger charge is 2.23. The molecule has 1 saturated heterocycles. The molecule has 3 nitrogen and oxygen atoms in total. The molecule has 2 rings (SSSR count). The molecule has 1 aromatic carbocycles. The van der Waals surface area contributed by atoms with Gasteiger partial charge in [-0.2, -0.15) is 0 Å². The summed E-state index contributed by atoms with van der Waals surface area (Å²) in [6, 6.07) is 8.39. The number of halogens is 1. The van der Waals surface area contributed by atoms with Gasteiger partial charge in [0.25, 0.3) is 0 Å². The average Bonchev–Trinajstić information content (AvgIpc) is 2.48. The summed E-state index contributed by atoms with van der Waals surface area (Å²) in [4.78, 5) is 14.5. The third-order valence-electron chi connectivity index (χ3n) is 4.66. The van der Waals surface area contributed by atoms with E-state index in [1.807, 2.05) is 7.05 Å². The molecular formula is C18H29ClN2O. The third kappa shape index (κ3) is 4.99. The summed E-state index contributed by atoms with van der Waals surface area (Å²) in [5.74, 6) is 1.34. The van der Waals surface area contributed by atoms with E-state index in [2.05, 4.69) is 48.3 Å². The number of nitrogens with one attached hydrogen (secondary N) is 1. The molecule has 0 radical (unpaired) electrons. The van der Waals surface area contributed by atoms with Crippen LogP contribution in [0.1, 0.15) is 43.2 Å². The van der Waals surface area contributed by atoms with Crippen LogP contribution in [0, 0.1) is 12.8 Å². The molecule has 1 N–H and O–H groups in total. The van der Waals surface area contributed by atoms with Crippen LogP contribution < -0.4 is 5.32 Å². The molecule has 1 amide bonds. The molecule has 1 unspecified atom stereocenters. The minimum absolute atomic E-state index is 0. The van der Waals surface area contributed by atoms with Crippen molar-refractivity contribution < 1.29 is 4.79 Å². The fraction of sp³-hybridized carbons (Fsp3) is 0.611. The molecule has 1 atom stereocenters. The lowest BCUT2D eigenvalue weighted by Gasteiger charge is -2.32. The van der Waals surface area contributed by atoms with Crippen LogP contribution in [-0.4, -0.2) is 37.5 Å². The molecule has 1 aliphatic heterocycles. The van der Waals surface area contributed by atoms with Crippen molar-refractivity contribution in [3.63, 3.8) is 0 Å². The second-order valence-corrected chi connectivity index (χ2v) is 6.34. The van der Waals surface area contributed by atoms with E-state index in [9.17, 15) is 4.79 Å². The number of amides is 1. The zero-order valence-electron chi connectivity index (χ0n) is 14.0. The molecule has 0 saturated carbocycles. The number of nitrogens with zero attached hydrogens (tertiary/aromatic N) is 1. The fourth-order valence-electron chi connectivity index (χ4n) is 3.32. The maximum atomic E-state index is 12.5. The van der Waals surface area contributed by atoms with Gasteiger partial charge < -0.3 is 10.2 Å². The van der Waals surface area contributed by atoms with Crippen LogP contribution in [-0.2, 0) is 4.79 Å². The van der Waals surface area contributed by atoms with Gasteiger partial charge in [-0.15, -0.1) is 12.4 Å². The zero-order chi connectivity index (χ0) is 15.2. The van der Waals surface area contributed by atoms with E-state index in [1.165, 1.54) is 11.1 Å². The van der Waals surface area contributed by atoms with Crippen molar-refractivity contribution in [3.8, 4) is 0 Å². The van der Waals surface area contributed by atoms with Crippen LogP contribution in [0.25, 0.3) is 0 Å². The van der Waals surface area contributed by atoms with E-state index in [-0.39, 0.29) is 12.4 Å². The van der Waals surface area contributed by atoms with Crippen molar-refractivity contribution in [2.45, 2.75) is 39.0 Å². The molecule has 22 heavy (non-hydrogen) atoms. The predicted molar refractivity (Wildman–Crippen MR) is 94.7 cm³/mol. The number of carbonyl (C=O) groups is 1. The Kier molecular flexibility index (Phi) is 7.91. The van der Waals surface area contributed by atoms with Crippen LogP contribution in [0.4, 0.5) is 0 Å². The van der Waals surface area contributed by atoms with Crippen LogP contribution in [0.3, 0.4) is 0 Å². The molecule has 4 heteroatoms. The summed E-state index contributed by atoms with van der Waals surface area (Å²) < 4.78 is 0. The summed E-state index contributed by atoms with van der Waals surface area (Å²) in [5.41, 5.74) is 2.58. The molecule has 0 bridgehead atoms. The van der Waals surface area contributed by atoms with Crippen LogP contribution in [0.2, 0.25) is 0 Å². The molecule has 0 aliphatic carbocycles. The number of hydrogen-bond donors (Lipinski definition) is 1. The summed E-state index contributed by atoms with van der Waals surface area (Å²) in [6.07, 6.45) is 2.89. The highest BCUT2D eigenvalue weighted by atomic mass is 35.5. The normalized spacial score (nSPS) is 17.0. The van der Waals surface area contributed by atoms with E-state index in [4.69, 9.17) is 0 Å². The fourth-order valence-corrected chi connectivity index (χ4v) is 3.32. The standard InChI is InChI=1S/C18H28N2O.ClH/c1-14-6-4-5-7-17(14)15(2)12-18(21)20-10-8-16(9-11-20)13-19-3;/h4-7,15-16,19H,8-13H2,1-3H3;1H. The minimum atomic E-state index is 0. The van der Waals surface area contributed by atoms with Crippen LogP contribution in [0.15, 0.2) is 24.3 Å². The number of likely N-dealkylation sites (tertiary alicyclic amines) is 1. The Hall–Kier alpha value is -1.06. The number of carbonyl (C=O) groups excluding carboxylic acids is 1. The lowest BCUT2D eigenvalue weighted by Crippen LogP contribution is -2.40. The van der Waals surface area contributed by atoms with E-state index < -0.39 is 0 Å². The van der Waals surface area contributed by atoms with E-state index in [1.54, 1.807) is 0 Å². The zero-order valence-corrected chi connectivity index (χ0v) is 14.8. The van der Waals surface area contributed by atoms with Gasteiger partial charge in [-0.3, -0.25) is 4.79 Å². The Bertz CT molecular complexity index is 470. The van der Waals surface area contributed by atoms with Gasteiger partial charge in [-0.25, -0.2) is 0 Å². The molecule has 124 valence electrons. The van der Waals surface area contributed by atoms with Crippen molar-refractivity contribution in [1.82, 2.24) is 10.2 Å². The number of hydrogen-bond acceptors (Lipinski definition) is 2. The van der Waals surface area contributed by atoms with Gasteiger partial charge in [0.1, 0.15) is 0 Å². The Morgan fingerprint density at radius 3 is 2.55 bits per heavy atom. The second kappa shape index (κ2) is 9.16. The maximum Gasteiger partial charge on any atom is 0.223 e. The van der Waals surface area contributed by atoms with Crippen molar-refractivity contribution >= 4 is 18.3 Å². The van der Waals surface area contributed by atoms with Crippen LogP contribution >= 0.6 is 12.4 Å².